The van der Waals surface area contributed by atoms with E-state index in [1.165, 1.54) is 0 Å². The fraction of sp³-hybridized carbons (Fsp3) is 0.412. The third kappa shape index (κ3) is 4.24. The molecular formula is C17H21N3O3. The molecule has 6 nitrogen and oxygen atoms in total. The number of hydrogen-bond acceptors (Lipinski definition) is 4. The zero-order valence-corrected chi connectivity index (χ0v) is 13.5. The number of carbonyl (C=O) groups is 1. The summed E-state index contributed by atoms with van der Waals surface area (Å²) in [5, 5.41) is 14.4. The van der Waals surface area contributed by atoms with Gasteiger partial charge in [-0.2, -0.15) is 0 Å². The van der Waals surface area contributed by atoms with Crippen LogP contribution >= 0.6 is 0 Å². The zero-order chi connectivity index (χ0) is 17.0. The van der Waals surface area contributed by atoms with Gasteiger partial charge in [-0.3, -0.25) is 0 Å². The number of aliphatic hydroxyl groups is 1. The van der Waals surface area contributed by atoms with Crippen molar-refractivity contribution in [3.8, 4) is 12.3 Å². The van der Waals surface area contributed by atoms with Crippen LogP contribution in [0, 0.1) is 12.3 Å². The standard InChI is InChI=1S/C17H21N3O3/c1-5-6-12(10-21)19-16(22)18-11-7-8-14-13(9-11)20-15(23-14)17(2,3)4/h1,7-9,12,21H,6,10H2,2-4H3,(H2,18,19,22). The van der Waals surface area contributed by atoms with E-state index in [-0.39, 0.29) is 18.4 Å². The summed E-state index contributed by atoms with van der Waals surface area (Å²) >= 11 is 0. The van der Waals surface area contributed by atoms with Gasteiger partial charge in [0.2, 0.25) is 5.89 Å². The minimum atomic E-state index is -0.469. The van der Waals surface area contributed by atoms with Crippen molar-refractivity contribution in [3.63, 3.8) is 0 Å². The fourth-order valence-corrected chi connectivity index (χ4v) is 1.98. The molecule has 0 aliphatic carbocycles. The lowest BCUT2D eigenvalue weighted by Crippen LogP contribution is -2.39. The number of rotatable bonds is 4. The molecule has 23 heavy (non-hydrogen) atoms. The Labute approximate surface area is 135 Å². The summed E-state index contributed by atoms with van der Waals surface area (Å²) in [4.78, 5) is 16.4. The number of nitrogens with one attached hydrogen (secondary N) is 2. The number of benzene rings is 1. The second-order valence-corrected chi connectivity index (χ2v) is 6.34. The van der Waals surface area contributed by atoms with E-state index in [1.54, 1.807) is 18.2 Å². The van der Waals surface area contributed by atoms with Crippen molar-refractivity contribution in [1.82, 2.24) is 10.3 Å². The highest BCUT2D eigenvalue weighted by Crippen LogP contribution is 2.27. The lowest BCUT2D eigenvalue weighted by atomic mass is 9.97. The van der Waals surface area contributed by atoms with Crippen molar-refractivity contribution in [2.75, 3.05) is 11.9 Å². The van der Waals surface area contributed by atoms with Crippen LogP contribution in [-0.2, 0) is 5.41 Å². The van der Waals surface area contributed by atoms with Crippen molar-refractivity contribution < 1.29 is 14.3 Å². The summed E-state index contributed by atoms with van der Waals surface area (Å²) in [5.74, 6) is 3.05. The van der Waals surface area contributed by atoms with E-state index in [0.29, 0.717) is 22.7 Å². The Morgan fingerprint density at radius 1 is 1.48 bits per heavy atom. The van der Waals surface area contributed by atoms with Crippen LogP contribution in [0.5, 0.6) is 0 Å². The quantitative estimate of drug-likeness (QED) is 0.757. The second-order valence-electron chi connectivity index (χ2n) is 6.34. The van der Waals surface area contributed by atoms with Crippen LogP contribution in [0.3, 0.4) is 0 Å². The topological polar surface area (TPSA) is 87.4 Å². The van der Waals surface area contributed by atoms with Gasteiger partial charge in [0.1, 0.15) is 5.52 Å². The van der Waals surface area contributed by atoms with Crippen molar-refractivity contribution in [2.24, 2.45) is 0 Å². The molecule has 0 fully saturated rings. The van der Waals surface area contributed by atoms with Gasteiger partial charge in [0.25, 0.3) is 0 Å². The number of fused-ring (bicyclic) bond motifs is 1. The minimum Gasteiger partial charge on any atom is -0.440 e. The molecule has 1 atom stereocenters. The number of aliphatic hydroxyl groups excluding tert-OH is 1. The second kappa shape index (κ2) is 6.71. The molecule has 1 unspecified atom stereocenters. The summed E-state index contributed by atoms with van der Waals surface area (Å²) in [6.45, 7) is 5.84. The Hall–Kier alpha value is -2.52. The van der Waals surface area contributed by atoms with E-state index < -0.39 is 12.1 Å². The highest BCUT2D eigenvalue weighted by atomic mass is 16.3. The van der Waals surface area contributed by atoms with Gasteiger partial charge >= 0.3 is 6.03 Å². The van der Waals surface area contributed by atoms with Gasteiger partial charge in [0.15, 0.2) is 5.58 Å². The van der Waals surface area contributed by atoms with Gasteiger partial charge in [0, 0.05) is 17.5 Å². The molecule has 0 radical (unpaired) electrons. The predicted molar refractivity (Wildman–Crippen MR) is 89.2 cm³/mol. The van der Waals surface area contributed by atoms with Gasteiger partial charge in [-0.05, 0) is 18.2 Å². The number of carbonyl (C=O) groups excluding carboxylic acids is 1. The predicted octanol–water partition coefficient (Wildman–Crippen LogP) is 2.63. The maximum absolute atomic E-state index is 11.9. The normalized spacial score (nSPS) is 12.7. The van der Waals surface area contributed by atoms with Gasteiger partial charge in [-0.1, -0.05) is 20.8 Å². The molecule has 1 heterocycles. The first-order valence-corrected chi connectivity index (χ1v) is 7.36. The highest BCUT2D eigenvalue weighted by Gasteiger charge is 2.21. The van der Waals surface area contributed by atoms with Crippen molar-refractivity contribution >= 4 is 22.8 Å². The molecule has 2 aromatic rings. The molecular weight excluding hydrogens is 294 g/mol. The average molecular weight is 315 g/mol. The number of anilines is 1. The highest BCUT2D eigenvalue weighted by molar-refractivity contribution is 5.91. The summed E-state index contributed by atoms with van der Waals surface area (Å²) < 4.78 is 5.71. The Morgan fingerprint density at radius 3 is 2.83 bits per heavy atom. The number of aromatic nitrogens is 1. The average Bonchev–Trinajstić information content (AvgIpc) is 2.90. The smallest absolute Gasteiger partial charge is 0.319 e. The SMILES string of the molecule is C#CCC(CO)NC(=O)Nc1ccc2oc(C(C)(C)C)nc2c1. The monoisotopic (exact) mass is 315 g/mol. The fourth-order valence-electron chi connectivity index (χ4n) is 1.98. The maximum Gasteiger partial charge on any atom is 0.319 e. The van der Waals surface area contributed by atoms with Crippen LogP contribution < -0.4 is 10.6 Å². The van der Waals surface area contributed by atoms with Crippen LogP contribution in [-0.4, -0.2) is 28.8 Å². The molecule has 0 saturated carbocycles. The van der Waals surface area contributed by atoms with E-state index in [2.05, 4.69) is 21.5 Å². The molecule has 0 saturated heterocycles. The largest absolute Gasteiger partial charge is 0.440 e. The Balaban J connectivity index is 2.12. The molecule has 1 aromatic carbocycles. The lowest BCUT2D eigenvalue weighted by molar-refractivity contribution is 0.225. The van der Waals surface area contributed by atoms with E-state index >= 15 is 0 Å². The van der Waals surface area contributed by atoms with Crippen LogP contribution in [0.15, 0.2) is 22.6 Å². The van der Waals surface area contributed by atoms with Crippen molar-refractivity contribution in [1.29, 1.82) is 0 Å². The molecule has 0 bridgehead atoms. The molecule has 0 spiro atoms. The Morgan fingerprint density at radius 2 is 2.22 bits per heavy atom. The zero-order valence-electron chi connectivity index (χ0n) is 13.5. The summed E-state index contributed by atoms with van der Waals surface area (Å²) in [6.07, 6.45) is 5.45. The summed E-state index contributed by atoms with van der Waals surface area (Å²) in [5.41, 5.74) is 1.74. The molecule has 3 N–H and O–H groups in total. The van der Waals surface area contributed by atoms with Gasteiger partial charge in [-0.25, -0.2) is 9.78 Å². The number of hydrogen-bond donors (Lipinski definition) is 3. The first-order valence-electron chi connectivity index (χ1n) is 7.36. The van der Waals surface area contributed by atoms with Crippen LogP contribution in [0.2, 0.25) is 0 Å². The van der Waals surface area contributed by atoms with Crippen molar-refractivity contribution in [2.45, 2.75) is 38.6 Å². The number of urea groups is 1. The molecule has 0 aliphatic heterocycles. The van der Waals surface area contributed by atoms with E-state index in [0.717, 1.165) is 0 Å². The number of terminal acetylenes is 1. The van der Waals surface area contributed by atoms with Gasteiger partial charge in [0.05, 0.1) is 12.6 Å². The lowest BCUT2D eigenvalue weighted by Gasteiger charge is -2.14. The number of amides is 2. The molecule has 0 aliphatic rings. The Kier molecular flexibility index (Phi) is 4.92. The van der Waals surface area contributed by atoms with Gasteiger partial charge < -0.3 is 20.2 Å². The number of nitrogens with zero attached hydrogens (tertiary/aromatic N) is 1. The van der Waals surface area contributed by atoms with Crippen LogP contribution in [0.1, 0.15) is 33.1 Å². The van der Waals surface area contributed by atoms with Crippen LogP contribution in [0.4, 0.5) is 10.5 Å². The van der Waals surface area contributed by atoms with E-state index in [9.17, 15) is 4.79 Å². The molecule has 2 rings (SSSR count). The molecule has 2 amide bonds. The van der Waals surface area contributed by atoms with Crippen LogP contribution in [0.25, 0.3) is 11.1 Å². The minimum absolute atomic E-state index is 0.187. The summed E-state index contributed by atoms with van der Waals surface area (Å²) in [6, 6.07) is 4.33. The Bertz CT molecular complexity index is 738. The van der Waals surface area contributed by atoms with E-state index in [4.69, 9.17) is 15.9 Å². The van der Waals surface area contributed by atoms with E-state index in [1.807, 2.05) is 20.8 Å². The summed E-state index contributed by atoms with van der Waals surface area (Å²) in [7, 11) is 0. The number of oxazole rings is 1. The molecule has 6 heteroatoms. The third-order valence-electron chi connectivity index (χ3n) is 3.21. The first kappa shape index (κ1) is 16.8. The first-order chi connectivity index (χ1) is 10.8. The molecule has 1 aromatic heterocycles. The maximum atomic E-state index is 11.9. The van der Waals surface area contributed by atoms with Crippen molar-refractivity contribution in [3.05, 3.63) is 24.1 Å². The van der Waals surface area contributed by atoms with Gasteiger partial charge in [-0.15, -0.1) is 12.3 Å². The molecule has 122 valence electrons. The third-order valence-corrected chi connectivity index (χ3v) is 3.21.